The predicted octanol–water partition coefficient (Wildman–Crippen LogP) is 0.880. The van der Waals surface area contributed by atoms with E-state index in [2.05, 4.69) is 10.5 Å². The van der Waals surface area contributed by atoms with Crippen molar-refractivity contribution in [3.05, 3.63) is 29.8 Å². The van der Waals surface area contributed by atoms with Crippen molar-refractivity contribution in [1.29, 1.82) is 0 Å². The van der Waals surface area contributed by atoms with E-state index in [9.17, 15) is 4.79 Å². The molecule has 4 N–H and O–H groups in total. The van der Waals surface area contributed by atoms with Gasteiger partial charge in [0.25, 0.3) is 0 Å². The van der Waals surface area contributed by atoms with Crippen molar-refractivity contribution in [3.8, 4) is 5.75 Å². The second-order valence-electron chi connectivity index (χ2n) is 4.89. The second-order valence-corrected chi connectivity index (χ2v) is 4.89. The summed E-state index contributed by atoms with van der Waals surface area (Å²) in [7, 11) is 1.62. The van der Waals surface area contributed by atoms with E-state index in [1.165, 1.54) is 0 Å². The molecular formula is C14H19N3O3. The van der Waals surface area contributed by atoms with Crippen LogP contribution in [0.5, 0.6) is 5.75 Å². The summed E-state index contributed by atoms with van der Waals surface area (Å²) in [4.78, 5) is 12.1. The van der Waals surface area contributed by atoms with Crippen molar-refractivity contribution in [3.63, 3.8) is 0 Å². The van der Waals surface area contributed by atoms with Crippen LogP contribution in [0.2, 0.25) is 0 Å². The number of ether oxygens (including phenoxy) is 1. The van der Waals surface area contributed by atoms with E-state index in [1.807, 2.05) is 24.3 Å². The fourth-order valence-corrected chi connectivity index (χ4v) is 2.21. The number of methoxy groups -OCH3 is 1. The first-order chi connectivity index (χ1) is 9.64. The zero-order valence-corrected chi connectivity index (χ0v) is 11.4. The third-order valence-corrected chi connectivity index (χ3v) is 3.66. The number of amides is 1. The van der Waals surface area contributed by atoms with Gasteiger partial charge in [0, 0.05) is 6.54 Å². The van der Waals surface area contributed by atoms with Crippen LogP contribution in [0, 0.1) is 5.41 Å². The average Bonchev–Trinajstić information content (AvgIpc) is 3.28. The van der Waals surface area contributed by atoms with Crippen LogP contribution in [-0.2, 0) is 11.2 Å². The number of rotatable bonds is 6. The molecule has 0 aliphatic heterocycles. The molecule has 1 amide bonds. The summed E-state index contributed by atoms with van der Waals surface area (Å²) in [6, 6.07) is 7.67. The van der Waals surface area contributed by atoms with Crippen LogP contribution >= 0.6 is 0 Å². The van der Waals surface area contributed by atoms with Gasteiger partial charge in [0.1, 0.15) is 11.2 Å². The van der Waals surface area contributed by atoms with Crippen molar-refractivity contribution in [2.24, 2.45) is 16.3 Å². The van der Waals surface area contributed by atoms with Crippen LogP contribution < -0.4 is 15.8 Å². The summed E-state index contributed by atoms with van der Waals surface area (Å²) in [5.41, 5.74) is 5.80. The van der Waals surface area contributed by atoms with Gasteiger partial charge in [-0.2, -0.15) is 0 Å². The molecule has 2 rings (SSSR count). The standard InChI is InChI=1S/C14H19N3O3/c1-20-11-5-3-2-4-10(11)6-9-16-13(18)14(7-8-14)12(15)17-19/h2-5,19H,6-9H2,1H3,(H2,15,17)(H,16,18). The van der Waals surface area contributed by atoms with Crippen LogP contribution in [0.4, 0.5) is 0 Å². The highest BCUT2D eigenvalue weighted by Crippen LogP contribution is 2.45. The maximum atomic E-state index is 12.1. The Kier molecular flexibility index (Phi) is 4.12. The molecule has 108 valence electrons. The Balaban J connectivity index is 1.89. The van der Waals surface area contributed by atoms with Gasteiger partial charge in [-0.3, -0.25) is 4.79 Å². The highest BCUT2D eigenvalue weighted by molar-refractivity contribution is 6.09. The molecule has 0 radical (unpaired) electrons. The number of hydrogen-bond donors (Lipinski definition) is 3. The molecule has 0 spiro atoms. The minimum Gasteiger partial charge on any atom is -0.496 e. The first-order valence-electron chi connectivity index (χ1n) is 6.52. The number of amidine groups is 1. The maximum Gasteiger partial charge on any atom is 0.233 e. The Hall–Kier alpha value is -2.24. The molecule has 1 fully saturated rings. The summed E-state index contributed by atoms with van der Waals surface area (Å²) in [5, 5.41) is 14.5. The molecule has 0 bridgehead atoms. The largest absolute Gasteiger partial charge is 0.496 e. The van der Waals surface area contributed by atoms with Gasteiger partial charge >= 0.3 is 0 Å². The summed E-state index contributed by atoms with van der Waals surface area (Å²) in [6.45, 7) is 0.486. The first kappa shape index (κ1) is 14.2. The van der Waals surface area contributed by atoms with Gasteiger partial charge in [0.2, 0.25) is 5.91 Å². The minimum atomic E-state index is -0.796. The van der Waals surface area contributed by atoms with E-state index in [-0.39, 0.29) is 11.7 Å². The summed E-state index contributed by atoms with van der Waals surface area (Å²) < 4.78 is 5.25. The van der Waals surface area contributed by atoms with E-state index in [4.69, 9.17) is 15.7 Å². The van der Waals surface area contributed by atoms with Crippen LogP contribution in [0.25, 0.3) is 0 Å². The summed E-state index contributed by atoms with van der Waals surface area (Å²) >= 11 is 0. The number of oxime groups is 1. The van der Waals surface area contributed by atoms with Gasteiger partial charge in [-0.1, -0.05) is 23.4 Å². The van der Waals surface area contributed by atoms with Crippen LogP contribution in [0.3, 0.4) is 0 Å². The lowest BCUT2D eigenvalue weighted by Gasteiger charge is -2.14. The average molecular weight is 277 g/mol. The highest BCUT2D eigenvalue weighted by atomic mass is 16.5. The van der Waals surface area contributed by atoms with Gasteiger partial charge in [0.15, 0.2) is 5.84 Å². The molecule has 0 heterocycles. The number of benzene rings is 1. The lowest BCUT2D eigenvalue weighted by atomic mass is 10.0. The highest BCUT2D eigenvalue weighted by Gasteiger charge is 2.54. The van der Waals surface area contributed by atoms with E-state index in [1.54, 1.807) is 7.11 Å². The Bertz CT molecular complexity index is 524. The lowest BCUT2D eigenvalue weighted by Crippen LogP contribution is -2.41. The molecule has 6 heteroatoms. The van der Waals surface area contributed by atoms with E-state index >= 15 is 0 Å². The quantitative estimate of drug-likeness (QED) is 0.311. The molecule has 0 saturated heterocycles. The fraction of sp³-hybridized carbons (Fsp3) is 0.429. The predicted molar refractivity (Wildman–Crippen MR) is 74.8 cm³/mol. The van der Waals surface area contributed by atoms with E-state index in [0.29, 0.717) is 25.8 Å². The topological polar surface area (TPSA) is 96.9 Å². The van der Waals surface area contributed by atoms with Crippen LogP contribution in [-0.4, -0.2) is 30.6 Å². The molecule has 6 nitrogen and oxygen atoms in total. The minimum absolute atomic E-state index is 0.00714. The van der Waals surface area contributed by atoms with E-state index in [0.717, 1.165) is 11.3 Å². The van der Waals surface area contributed by atoms with Crippen molar-refractivity contribution in [2.45, 2.75) is 19.3 Å². The summed E-state index contributed by atoms with van der Waals surface area (Å²) in [5.74, 6) is 0.620. The monoisotopic (exact) mass is 277 g/mol. The number of hydrogen-bond acceptors (Lipinski definition) is 4. The summed E-state index contributed by atoms with van der Waals surface area (Å²) in [6.07, 6.45) is 1.93. The smallest absolute Gasteiger partial charge is 0.233 e. The number of nitrogens with one attached hydrogen (secondary N) is 1. The molecule has 0 atom stereocenters. The van der Waals surface area contributed by atoms with Crippen LogP contribution in [0.15, 0.2) is 29.4 Å². The van der Waals surface area contributed by atoms with Gasteiger partial charge < -0.3 is 21.0 Å². The molecule has 0 unspecified atom stereocenters. The number of para-hydroxylation sites is 1. The van der Waals surface area contributed by atoms with Crippen molar-refractivity contribution < 1.29 is 14.7 Å². The number of carbonyl (C=O) groups is 1. The molecule has 20 heavy (non-hydrogen) atoms. The van der Waals surface area contributed by atoms with Gasteiger partial charge in [0.05, 0.1) is 7.11 Å². The Morgan fingerprint density at radius 3 is 2.80 bits per heavy atom. The Morgan fingerprint density at radius 1 is 1.50 bits per heavy atom. The second kappa shape index (κ2) is 5.81. The maximum absolute atomic E-state index is 12.1. The normalized spacial score (nSPS) is 16.6. The Labute approximate surface area is 117 Å². The molecule has 1 aromatic rings. The van der Waals surface area contributed by atoms with Gasteiger partial charge in [-0.15, -0.1) is 0 Å². The van der Waals surface area contributed by atoms with Gasteiger partial charge in [-0.25, -0.2) is 0 Å². The first-order valence-corrected chi connectivity index (χ1v) is 6.52. The third-order valence-electron chi connectivity index (χ3n) is 3.66. The SMILES string of the molecule is COc1ccccc1CCNC(=O)C1(/C(N)=N/O)CC1. The zero-order valence-electron chi connectivity index (χ0n) is 11.4. The third kappa shape index (κ3) is 2.68. The Morgan fingerprint density at radius 2 is 2.20 bits per heavy atom. The van der Waals surface area contributed by atoms with Crippen molar-refractivity contribution in [2.75, 3.05) is 13.7 Å². The molecule has 1 aromatic carbocycles. The lowest BCUT2D eigenvalue weighted by molar-refractivity contribution is -0.124. The molecule has 0 aromatic heterocycles. The number of carbonyl (C=O) groups excluding carboxylic acids is 1. The number of nitrogens with two attached hydrogens (primary N) is 1. The van der Waals surface area contributed by atoms with Gasteiger partial charge in [-0.05, 0) is 30.9 Å². The van der Waals surface area contributed by atoms with Crippen molar-refractivity contribution in [1.82, 2.24) is 5.32 Å². The zero-order chi connectivity index (χ0) is 14.6. The van der Waals surface area contributed by atoms with E-state index < -0.39 is 5.41 Å². The molecule has 1 aliphatic rings. The molecule has 1 saturated carbocycles. The fourth-order valence-electron chi connectivity index (χ4n) is 2.21. The molecular weight excluding hydrogens is 258 g/mol. The van der Waals surface area contributed by atoms with Crippen molar-refractivity contribution >= 4 is 11.7 Å². The number of nitrogens with zero attached hydrogens (tertiary/aromatic N) is 1. The molecule has 1 aliphatic carbocycles. The van der Waals surface area contributed by atoms with Crippen LogP contribution in [0.1, 0.15) is 18.4 Å².